The number of aryl methyl sites for hydroxylation is 1. The van der Waals surface area contributed by atoms with Crippen LogP contribution in [0, 0.1) is 6.92 Å². The second-order valence-corrected chi connectivity index (χ2v) is 6.52. The number of benzene rings is 1. The van der Waals surface area contributed by atoms with Crippen LogP contribution in [-0.2, 0) is 4.74 Å². The topological polar surface area (TPSA) is 129 Å². The molecule has 2 aromatic rings. The van der Waals surface area contributed by atoms with Gasteiger partial charge in [-0.2, -0.15) is 0 Å². The van der Waals surface area contributed by atoms with Crippen LogP contribution >= 0.6 is 0 Å². The summed E-state index contributed by atoms with van der Waals surface area (Å²) >= 11 is 0. The summed E-state index contributed by atoms with van der Waals surface area (Å²) in [5, 5.41) is 16.2. The van der Waals surface area contributed by atoms with Crippen molar-refractivity contribution in [2.75, 3.05) is 25.6 Å². The molecule has 4 N–H and O–H groups in total. The smallest absolute Gasteiger partial charge is 0.347 e. The van der Waals surface area contributed by atoms with Crippen LogP contribution in [0.2, 0.25) is 0 Å². The third kappa shape index (κ3) is 4.09. The summed E-state index contributed by atoms with van der Waals surface area (Å²) in [5.74, 6) is -0.831. The third-order valence-corrected chi connectivity index (χ3v) is 4.31. The molecule has 0 bridgehead atoms. The predicted molar refractivity (Wildman–Crippen MR) is 102 cm³/mol. The standard InChI is InChI=1S/C19H24N4O5/c1-3-27-19(26)15-16(20)23(22-18(15)28-9-8-24)14-10-12(5-4-11(14)2)17(25)21-13-6-7-13/h4-5,10,13,24H,3,6-9,20H2,1-2H3,(H,21,25). The van der Waals surface area contributed by atoms with E-state index in [2.05, 4.69) is 10.4 Å². The Labute approximate surface area is 162 Å². The molecule has 0 aliphatic heterocycles. The second-order valence-electron chi connectivity index (χ2n) is 6.52. The van der Waals surface area contributed by atoms with Crippen molar-refractivity contribution < 1.29 is 24.2 Å². The molecule has 0 atom stereocenters. The largest absolute Gasteiger partial charge is 0.473 e. The van der Waals surface area contributed by atoms with Crippen molar-refractivity contribution in [2.45, 2.75) is 32.7 Å². The van der Waals surface area contributed by atoms with Gasteiger partial charge in [-0.05, 0) is 44.4 Å². The quantitative estimate of drug-likeness (QED) is 0.580. The molecule has 0 radical (unpaired) electrons. The maximum absolute atomic E-state index is 12.4. The first-order valence-corrected chi connectivity index (χ1v) is 9.17. The number of aliphatic hydroxyl groups excluding tert-OH is 1. The number of nitrogens with zero attached hydrogens (tertiary/aromatic N) is 2. The molecule has 1 fully saturated rings. The maximum atomic E-state index is 12.4. The number of nitrogens with one attached hydrogen (secondary N) is 1. The number of nitrogens with two attached hydrogens (primary N) is 1. The molecular weight excluding hydrogens is 364 g/mol. The number of ether oxygens (including phenoxy) is 2. The van der Waals surface area contributed by atoms with Crippen molar-refractivity contribution in [2.24, 2.45) is 0 Å². The summed E-state index contributed by atoms with van der Waals surface area (Å²) < 4.78 is 11.8. The fraction of sp³-hybridized carbons (Fsp3) is 0.421. The number of amides is 1. The van der Waals surface area contributed by atoms with E-state index in [-0.39, 0.29) is 49.0 Å². The van der Waals surface area contributed by atoms with Gasteiger partial charge in [0.1, 0.15) is 12.4 Å². The van der Waals surface area contributed by atoms with Crippen molar-refractivity contribution >= 4 is 17.7 Å². The molecule has 28 heavy (non-hydrogen) atoms. The molecule has 1 aromatic carbocycles. The molecule has 0 unspecified atom stereocenters. The molecule has 9 heteroatoms. The second kappa shape index (κ2) is 8.30. The van der Waals surface area contributed by atoms with Gasteiger partial charge in [-0.3, -0.25) is 4.79 Å². The Kier molecular flexibility index (Phi) is 5.84. The van der Waals surface area contributed by atoms with Gasteiger partial charge in [0.15, 0.2) is 5.56 Å². The van der Waals surface area contributed by atoms with E-state index in [1.165, 1.54) is 4.68 Å². The molecule has 1 heterocycles. The number of nitrogen functional groups attached to an aromatic ring is 1. The predicted octanol–water partition coefficient (Wildman–Crippen LogP) is 1.20. The van der Waals surface area contributed by atoms with Crippen LogP contribution in [0.1, 0.15) is 46.0 Å². The lowest BCUT2D eigenvalue weighted by Gasteiger charge is -2.11. The molecule has 1 aliphatic carbocycles. The molecule has 0 saturated heterocycles. The summed E-state index contributed by atoms with van der Waals surface area (Å²) in [5.41, 5.74) is 7.99. The summed E-state index contributed by atoms with van der Waals surface area (Å²) in [6.07, 6.45) is 1.98. The van der Waals surface area contributed by atoms with E-state index in [9.17, 15) is 9.59 Å². The molecular formula is C19H24N4O5. The number of hydrogen-bond donors (Lipinski definition) is 3. The summed E-state index contributed by atoms with van der Waals surface area (Å²) in [7, 11) is 0. The van der Waals surface area contributed by atoms with Crippen LogP contribution in [-0.4, -0.2) is 52.6 Å². The molecule has 1 aromatic heterocycles. The van der Waals surface area contributed by atoms with Crippen molar-refractivity contribution in [1.82, 2.24) is 15.1 Å². The van der Waals surface area contributed by atoms with Crippen LogP contribution in [0.25, 0.3) is 5.69 Å². The minimum Gasteiger partial charge on any atom is -0.473 e. The first kappa shape index (κ1) is 19.7. The highest BCUT2D eigenvalue weighted by atomic mass is 16.5. The number of anilines is 1. The Balaban J connectivity index is 2.02. The fourth-order valence-corrected chi connectivity index (χ4v) is 2.71. The van der Waals surface area contributed by atoms with E-state index in [0.29, 0.717) is 11.3 Å². The first-order chi connectivity index (χ1) is 13.5. The van der Waals surface area contributed by atoms with E-state index in [1.807, 2.05) is 6.92 Å². The monoisotopic (exact) mass is 388 g/mol. The molecule has 150 valence electrons. The maximum Gasteiger partial charge on any atom is 0.347 e. The normalized spacial score (nSPS) is 13.2. The number of esters is 1. The van der Waals surface area contributed by atoms with Crippen LogP contribution in [0.4, 0.5) is 5.82 Å². The third-order valence-electron chi connectivity index (χ3n) is 4.31. The lowest BCUT2D eigenvalue weighted by Crippen LogP contribution is -2.25. The Morgan fingerprint density at radius 3 is 2.79 bits per heavy atom. The Morgan fingerprint density at radius 1 is 1.39 bits per heavy atom. The Bertz CT molecular complexity index is 889. The highest BCUT2D eigenvalue weighted by Gasteiger charge is 2.27. The number of hydrogen-bond acceptors (Lipinski definition) is 7. The van der Waals surface area contributed by atoms with Gasteiger partial charge in [0, 0.05) is 11.6 Å². The van der Waals surface area contributed by atoms with Crippen molar-refractivity contribution in [3.05, 3.63) is 34.9 Å². The van der Waals surface area contributed by atoms with Gasteiger partial charge in [-0.15, -0.1) is 5.10 Å². The lowest BCUT2D eigenvalue weighted by molar-refractivity contribution is 0.0521. The fourth-order valence-electron chi connectivity index (χ4n) is 2.71. The van der Waals surface area contributed by atoms with Gasteiger partial charge >= 0.3 is 5.97 Å². The minimum absolute atomic E-state index is 0.0115. The zero-order valence-electron chi connectivity index (χ0n) is 15.9. The first-order valence-electron chi connectivity index (χ1n) is 9.17. The van der Waals surface area contributed by atoms with E-state index < -0.39 is 5.97 Å². The van der Waals surface area contributed by atoms with Gasteiger partial charge in [0.25, 0.3) is 5.91 Å². The van der Waals surface area contributed by atoms with E-state index in [1.54, 1.807) is 25.1 Å². The van der Waals surface area contributed by atoms with Crippen LogP contribution < -0.4 is 15.8 Å². The van der Waals surface area contributed by atoms with Gasteiger partial charge in [-0.1, -0.05) is 6.07 Å². The van der Waals surface area contributed by atoms with Crippen molar-refractivity contribution in [1.29, 1.82) is 0 Å². The van der Waals surface area contributed by atoms with Crippen molar-refractivity contribution in [3.8, 4) is 11.6 Å². The van der Waals surface area contributed by atoms with Gasteiger partial charge in [-0.25, -0.2) is 9.48 Å². The summed E-state index contributed by atoms with van der Waals surface area (Å²) in [6.45, 7) is 3.39. The van der Waals surface area contributed by atoms with Crippen LogP contribution in [0.15, 0.2) is 18.2 Å². The Hall–Kier alpha value is -3.07. The van der Waals surface area contributed by atoms with Crippen LogP contribution in [0.5, 0.6) is 5.88 Å². The minimum atomic E-state index is -0.667. The molecule has 1 amide bonds. The number of rotatable bonds is 8. The van der Waals surface area contributed by atoms with E-state index in [4.69, 9.17) is 20.3 Å². The molecule has 0 spiro atoms. The molecule has 3 rings (SSSR count). The highest BCUT2D eigenvalue weighted by molar-refractivity contribution is 5.98. The molecule has 1 aliphatic rings. The number of aromatic nitrogens is 2. The SMILES string of the molecule is CCOC(=O)c1c(OCCO)nn(-c2cc(C(=O)NC3CC3)ccc2C)c1N. The van der Waals surface area contributed by atoms with E-state index >= 15 is 0 Å². The Morgan fingerprint density at radius 2 is 2.14 bits per heavy atom. The van der Waals surface area contributed by atoms with E-state index in [0.717, 1.165) is 18.4 Å². The number of carbonyl (C=O) groups is 2. The average Bonchev–Trinajstić information content (AvgIpc) is 3.42. The summed E-state index contributed by atoms with van der Waals surface area (Å²) in [6, 6.07) is 5.42. The van der Waals surface area contributed by atoms with Crippen LogP contribution in [0.3, 0.4) is 0 Å². The summed E-state index contributed by atoms with van der Waals surface area (Å²) in [4.78, 5) is 24.7. The number of aliphatic hydroxyl groups is 1. The van der Waals surface area contributed by atoms with Gasteiger partial charge in [0.2, 0.25) is 5.88 Å². The van der Waals surface area contributed by atoms with Gasteiger partial charge in [0.05, 0.1) is 18.9 Å². The number of carbonyl (C=O) groups excluding carboxylic acids is 2. The zero-order valence-corrected chi connectivity index (χ0v) is 15.9. The molecule has 9 nitrogen and oxygen atoms in total. The van der Waals surface area contributed by atoms with Crippen molar-refractivity contribution in [3.63, 3.8) is 0 Å². The van der Waals surface area contributed by atoms with Gasteiger partial charge < -0.3 is 25.6 Å². The lowest BCUT2D eigenvalue weighted by atomic mass is 10.1. The average molecular weight is 388 g/mol. The molecule has 1 saturated carbocycles. The zero-order chi connectivity index (χ0) is 20.3. The highest BCUT2D eigenvalue weighted by Crippen LogP contribution is 2.29.